The molecular formula is C7H13N. The Morgan fingerprint density at radius 1 is 1.75 bits per heavy atom. The fraction of sp³-hybridized carbons (Fsp3) is 0.714. The first-order valence-electron chi connectivity index (χ1n) is 3.23. The second-order valence-electron chi connectivity index (χ2n) is 2.41. The Morgan fingerprint density at radius 3 is 2.75 bits per heavy atom. The summed E-state index contributed by atoms with van der Waals surface area (Å²) >= 11 is 0. The van der Waals surface area contributed by atoms with E-state index in [2.05, 4.69) is 18.4 Å². The molecule has 1 aliphatic heterocycles. The van der Waals surface area contributed by atoms with Gasteiger partial charge in [-0.2, -0.15) is 0 Å². The smallest absolute Gasteiger partial charge is 0.0256 e. The molecule has 0 aromatic rings. The fourth-order valence-electron chi connectivity index (χ4n) is 1.23. The molecule has 8 heavy (non-hydrogen) atoms. The fourth-order valence-corrected chi connectivity index (χ4v) is 1.23. The van der Waals surface area contributed by atoms with E-state index in [0.29, 0.717) is 0 Å². The summed E-state index contributed by atoms with van der Waals surface area (Å²) in [7, 11) is 0. The molecule has 0 radical (unpaired) electrons. The van der Waals surface area contributed by atoms with Crippen molar-refractivity contribution in [3.63, 3.8) is 0 Å². The third kappa shape index (κ3) is 0.857. The lowest BCUT2D eigenvalue weighted by molar-refractivity contribution is 0.373. The van der Waals surface area contributed by atoms with E-state index in [9.17, 15) is 0 Å². The molecule has 1 heteroatoms. The third-order valence-corrected chi connectivity index (χ3v) is 1.84. The van der Waals surface area contributed by atoms with Gasteiger partial charge >= 0.3 is 0 Å². The minimum atomic E-state index is 0.743. The van der Waals surface area contributed by atoms with Crippen LogP contribution in [0.25, 0.3) is 0 Å². The average Bonchev–Trinajstić information content (AvgIpc) is 2.14. The summed E-state index contributed by atoms with van der Waals surface area (Å²) in [5, 5.41) is 0. The van der Waals surface area contributed by atoms with Gasteiger partial charge in [-0.05, 0) is 26.0 Å². The van der Waals surface area contributed by atoms with Gasteiger partial charge in [0.1, 0.15) is 0 Å². The molecule has 1 atom stereocenters. The third-order valence-electron chi connectivity index (χ3n) is 1.84. The van der Waals surface area contributed by atoms with Crippen LogP contribution in [0.3, 0.4) is 0 Å². The Kier molecular flexibility index (Phi) is 1.56. The number of nitrogens with zero attached hydrogens (tertiary/aromatic N) is 1. The summed E-state index contributed by atoms with van der Waals surface area (Å²) in [6, 6.07) is 0.743. The highest BCUT2D eigenvalue weighted by atomic mass is 15.1. The zero-order valence-electron chi connectivity index (χ0n) is 5.43. The van der Waals surface area contributed by atoms with Gasteiger partial charge < -0.3 is 4.90 Å². The monoisotopic (exact) mass is 111 g/mol. The molecule has 1 rings (SSSR count). The minimum absolute atomic E-state index is 0.743. The first-order chi connectivity index (χ1) is 3.84. The predicted molar refractivity (Wildman–Crippen MR) is 35.6 cm³/mol. The molecule has 1 heterocycles. The SMILES string of the molecule is C=CN1CCCC1C. The van der Waals surface area contributed by atoms with Crippen LogP contribution >= 0.6 is 0 Å². The highest BCUT2D eigenvalue weighted by Crippen LogP contribution is 2.15. The van der Waals surface area contributed by atoms with Crippen molar-refractivity contribution in [1.82, 2.24) is 4.90 Å². The first-order valence-corrected chi connectivity index (χ1v) is 3.23. The Hall–Kier alpha value is -0.460. The van der Waals surface area contributed by atoms with Crippen LogP contribution in [0.15, 0.2) is 12.8 Å². The van der Waals surface area contributed by atoms with Gasteiger partial charge in [0, 0.05) is 12.6 Å². The van der Waals surface area contributed by atoms with Crippen LogP contribution in [0.4, 0.5) is 0 Å². The molecule has 1 fully saturated rings. The number of likely N-dealkylation sites (tertiary alicyclic amines) is 1. The highest BCUT2D eigenvalue weighted by Gasteiger charge is 2.14. The maximum absolute atomic E-state index is 3.72. The second-order valence-corrected chi connectivity index (χ2v) is 2.41. The van der Waals surface area contributed by atoms with Gasteiger partial charge in [0.25, 0.3) is 0 Å². The summed E-state index contributed by atoms with van der Waals surface area (Å²) in [5.41, 5.74) is 0. The Labute approximate surface area is 51.0 Å². The topological polar surface area (TPSA) is 3.24 Å². The van der Waals surface area contributed by atoms with Gasteiger partial charge in [-0.25, -0.2) is 0 Å². The van der Waals surface area contributed by atoms with E-state index in [1.54, 1.807) is 0 Å². The summed E-state index contributed by atoms with van der Waals surface area (Å²) in [5.74, 6) is 0. The summed E-state index contributed by atoms with van der Waals surface area (Å²) < 4.78 is 0. The molecule has 0 amide bonds. The van der Waals surface area contributed by atoms with Crippen LogP contribution in [0, 0.1) is 0 Å². The van der Waals surface area contributed by atoms with Crippen molar-refractivity contribution in [1.29, 1.82) is 0 Å². The van der Waals surface area contributed by atoms with Crippen molar-refractivity contribution in [3.05, 3.63) is 12.8 Å². The summed E-state index contributed by atoms with van der Waals surface area (Å²) in [4.78, 5) is 2.29. The standard InChI is InChI=1S/C7H13N/c1-3-8-6-4-5-7(8)2/h3,7H,1,4-6H2,2H3. The van der Waals surface area contributed by atoms with Gasteiger partial charge in [0.05, 0.1) is 0 Å². The quantitative estimate of drug-likeness (QED) is 0.497. The van der Waals surface area contributed by atoms with Crippen molar-refractivity contribution in [2.75, 3.05) is 6.54 Å². The molecule has 0 aromatic carbocycles. The van der Waals surface area contributed by atoms with E-state index >= 15 is 0 Å². The van der Waals surface area contributed by atoms with E-state index in [4.69, 9.17) is 0 Å². The van der Waals surface area contributed by atoms with Gasteiger partial charge in [0.15, 0.2) is 0 Å². The summed E-state index contributed by atoms with van der Waals surface area (Å²) in [6.07, 6.45) is 4.62. The lowest BCUT2D eigenvalue weighted by Gasteiger charge is -2.16. The van der Waals surface area contributed by atoms with Crippen molar-refractivity contribution < 1.29 is 0 Å². The van der Waals surface area contributed by atoms with Crippen LogP contribution in [0.2, 0.25) is 0 Å². The van der Waals surface area contributed by atoms with Crippen LogP contribution in [0.1, 0.15) is 19.8 Å². The lowest BCUT2D eigenvalue weighted by Crippen LogP contribution is -2.19. The van der Waals surface area contributed by atoms with Gasteiger partial charge in [-0.1, -0.05) is 6.58 Å². The Balaban J connectivity index is 2.41. The maximum Gasteiger partial charge on any atom is 0.0256 e. The largest absolute Gasteiger partial charge is 0.375 e. The number of hydrogen-bond acceptors (Lipinski definition) is 1. The number of rotatable bonds is 1. The Bertz CT molecular complexity index is 88.4. The zero-order valence-corrected chi connectivity index (χ0v) is 5.43. The van der Waals surface area contributed by atoms with Gasteiger partial charge in [-0.3, -0.25) is 0 Å². The van der Waals surface area contributed by atoms with E-state index in [1.807, 2.05) is 6.20 Å². The van der Waals surface area contributed by atoms with Crippen LogP contribution in [-0.2, 0) is 0 Å². The van der Waals surface area contributed by atoms with E-state index in [0.717, 1.165) is 6.04 Å². The molecule has 1 nitrogen and oxygen atoms in total. The molecule has 0 saturated carbocycles. The van der Waals surface area contributed by atoms with Crippen LogP contribution in [-0.4, -0.2) is 17.5 Å². The normalized spacial score (nSPS) is 28.6. The first kappa shape index (κ1) is 5.67. The molecule has 0 aliphatic carbocycles. The van der Waals surface area contributed by atoms with E-state index in [1.165, 1.54) is 19.4 Å². The molecule has 1 saturated heterocycles. The van der Waals surface area contributed by atoms with Crippen LogP contribution < -0.4 is 0 Å². The average molecular weight is 111 g/mol. The lowest BCUT2D eigenvalue weighted by atomic mass is 10.2. The van der Waals surface area contributed by atoms with Crippen molar-refractivity contribution in [2.24, 2.45) is 0 Å². The summed E-state index contributed by atoms with van der Waals surface area (Å²) in [6.45, 7) is 7.18. The number of hydrogen-bond donors (Lipinski definition) is 0. The molecule has 46 valence electrons. The van der Waals surface area contributed by atoms with Gasteiger partial charge in [0.2, 0.25) is 0 Å². The minimum Gasteiger partial charge on any atom is -0.375 e. The predicted octanol–water partition coefficient (Wildman–Crippen LogP) is 1.61. The molecular weight excluding hydrogens is 98.1 g/mol. The second kappa shape index (κ2) is 2.21. The zero-order chi connectivity index (χ0) is 5.98. The van der Waals surface area contributed by atoms with E-state index in [-0.39, 0.29) is 0 Å². The Morgan fingerprint density at radius 2 is 2.50 bits per heavy atom. The molecule has 1 aliphatic rings. The molecule has 0 spiro atoms. The van der Waals surface area contributed by atoms with Gasteiger partial charge in [-0.15, -0.1) is 0 Å². The van der Waals surface area contributed by atoms with E-state index < -0.39 is 0 Å². The molecule has 0 aromatic heterocycles. The van der Waals surface area contributed by atoms with Crippen molar-refractivity contribution in [2.45, 2.75) is 25.8 Å². The molecule has 0 bridgehead atoms. The van der Waals surface area contributed by atoms with Crippen molar-refractivity contribution in [3.8, 4) is 0 Å². The molecule has 0 N–H and O–H groups in total. The highest BCUT2D eigenvalue weighted by molar-refractivity contribution is 4.82. The molecule has 1 unspecified atom stereocenters. The van der Waals surface area contributed by atoms with Crippen molar-refractivity contribution >= 4 is 0 Å². The maximum atomic E-state index is 3.72. The van der Waals surface area contributed by atoms with Crippen LogP contribution in [0.5, 0.6) is 0 Å².